The molecule has 1 saturated heterocycles. The van der Waals surface area contributed by atoms with Crippen molar-refractivity contribution < 1.29 is 19.4 Å². The van der Waals surface area contributed by atoms with Gasteiger partial charge in [-0.05, 0) is 66.9 Å². The van der Waals surface area contributed by atoms with Gasteiger partial charge >= 0.3 is 0 Å². The van der Waals surface area contributed by atoms with Gasteiger partial charge in [0.05, 0.1) is 18.7 Å². The van der Waals surface area contributed by atoms with Crippen molar-refractivity contribution in [1.29, 1.82) is 0 Å². The number of aliphatic hydroxyl groups is 1. The number of rotatable bonds is 4. The summed E-state index contributed by atoms with van der Waals surface area (Å²) in [5, 5.41) is 11.3. The Balaban J connectivity index is 1.97. The van der Waals surface area contributed by atoms with Crippen LogP contribution in [0, 0.1) is 13.8 Å². The first-order valence-corrected chi connectivity index (χ1v) is 10.7. The average molecular weight is 493 g/mol. The third-order valence-electron chi connectivity index (χ3n) is 5.53. The maximum atomic E-state index is 13.2. The fourth-order valence-electron chi connectivity index (χ4n) is 3.99. The van der Waals surface area contributed by atoms with Gasteiger partial charge in [-0.1, -0.05) is 28.1 Å². The Labute approximate surface area is 194 Å². The van der Waals surface area contributed by atoms with Crippen molar-refractivity contribution in [3.63, 3.8) is 0 Å². The molecule has 32 heavy (non-hydrogen) atoms. The smallest absolute Gasteiger partial charge is 0.300 e. The fraction of sp³-hybridized carbons (Fsp3) is 0.160. The molecule has 0 radical (unpaired) electrons. The Kier molecular flexibility index (Phi) is 5.84. The number of nitrogens with zero attached hydrogens (tertiary/aromatic N) is 2. The molecule has 1 aliphatic rings. The summed E-state index contributed by atoms with van der Waals surface area (Å²) >= 11 is 3.42. The Bertz CT molecular complexity index is 1250. The van der Waals surface area contributed by atoms with E-state index in [1.54, 1.807) is 62.0 Å². The molecule has 2 aromatic carbocycles. The van der Waals surface area contributed by atoms with Crippen LogP contribution in [0.1, 0.15) is 28.3 Å². The summed E-state index contributed by atoms with van der Waals surface area (Å²) in [6, 6.07) is 13.4. The van der Waals surface area contributed by atoms with Crippen LogP contribution in [0.5, 0.6) is 5.75 Å². The number of ketones is 1. The molecule has 2 heterocycles. The van der Waals surface area contributed by atoms with Gasteiger partial charge in [0.15, 0.2) is 0 Å². The van der Waals surface area contributed by atoms with E-state index in [-0.39, 0.29) is 11.3 Å². The maximum Gasteiger partial charge on any atom is 0.300 e. The first kappa shape index (κ1) is 21.8. The maximum absolute atomic E-state index is 13.2. The Morgan fingerprint density at radius 1 is 1.09 bits per heavy atom. The fourth-order valence-corrected chi connectivity index (χ4v) is 4.37. The molecule has 1 aromatic heterocycles. The second kappa shape index (κ2) is 8.59. The molecular weight excluding hydrogens is 472 g/mol. The number of aromatic nitrogens is 1. The van der Waals surface area contributed by atoms with Crippen LogP contribution in [0.4, 0.5) is 5.69 Å². The number of pyridine rings is 1. The highest BCUT2D eigenvalue weighted by atomic mass is 79.9. The SMILES string of the molecule is COc1cc(C)c(/C(O)=C2\C(=O)C(=O)N(c3cccc(Br)c3)C2c2cccnc2)cc1C. The molecule has 1 unspecified atom stereocenters. The number of aliphatic hydroxyl groups excluding tert-OH is 1. The zero-order valence-corrected chi connectivity index (χ0v) is 19.4. The molecule has 6 nitrogen and oxygen atoms in total. The zero-order valence-electron chi connectivity index (χ0n) is 17.8. The molecule has 1 N–H and O–H groups in total. The largest absolute Gasteiger partial charge is 0.507 e. The van der Waals surface area contributed by atoms with Crippen molar-refractivity contribution in [3.8, 4) is 5.75 Å². The third-order valence-corrected chi connectivity index (χ3v) is 6.02. The number of methoxy groups -OCH3 is 1. The van der Waals surface area contributed by atoms with E-state index < -0.39 is 17.7 Å². The van der Waals surface area contributed by atoms with Crippen LogP contribution >= 0.6 is 15.9 Å². The monoisotopic (exact) mass is 492 g/mol. The number of carbonyl (C=O) groups excluding carboxylic acids is 2. The highest BCUT2D eigenvalue weighted by molar-refractivity contribution is 9.10. The number of aryl methyl sites for hydroxylation is 2. The van der Waals surface area contributed by atoms with Gasteiger partial charge in [0, 0.05) is 28.1 Å². The molecule has 1 amide bonds. The van der Waals surface area contributed by atoms with Gasteiger partial charge in [0.2, 0.25) is 0 Å². The number of carbonyl (C=O) groups is 2. The highest BCUT2D eigenvalue weighted by Gasteiger charge is 2.47. The van der Waals surface area contributed by atoms with E-state index in [2.05, 4.69) is 20.9 Å². The number of anilines is 1. The number of ether oxygens (including phenoxy) is 1. The first-order chi connectivity index (χ1) is 15.3. The van der Waals surface area contributed by atoms with E-state index in [9.17, 15) is 14.7 Å². The van der Waals surface area contributed by atoms with Gasteiger partial charge in [-0.2, -0.15) is 0 Å². The van der Waals surface area contributed by atoms with E-state index in [1.165, 1.54) is 4.90 Å². The summed E-state index contributed by atoms with van der Waals surface area (Å²) in [6.45, 7) is 3.67. The van der Waals surface area contributed by atoms with Crippen LogP contribution in [0.3, 0.4) is 0 Å². The lowest BCUT2D eigenvalue weighted by Crippen LogP contribution is -2.29. The van der Waals surface area contributed by atoms with Crippen molar-refractivity contribution >= 4 is 39.1 Å². The lowest BCUT2D eigenvalue weighted by atomic mass is 9.93. The second-order valence-electron chi connectivity index (χ2n) is 7.57. The molecule has 1 aliphatic heterocycles. The summed E-state index contributed by atoms with van der Waals surface area (Å²) in [6.07, 6.45) is 3.21. The quantitative estimate of drug-likeness (QED) is 0.311. The third kappa shape index (κ3) is 3.69. The standard InChI is InChI=1S/C25H21BrN2O4/c1-14-11-20(32-3)15(2)10-19(14)23(29)21-22(16-6-5-9-27-13-16)28(25(31)24(21)30)18-8-4-7-17(26)12-18/h4-13,22,29H,1-3H3/b23-21+. The van der Waals surface area contributed by atoms with E-state index in [0.717, 1.165) is 15.6 Å². The topological polar surface area (TPSA) is 79.7 Å². The first-order valence-electron chi connectivity index (χ1n) is 9.95. The van der Waals surface area contributed by atoms with Gasteiger partial charge in [-0.15, -0.1) is 0 Å². The molecule has 1 fully saturated rings. The minimum atomic E-state index is -0.820. The second-order valence-corrected chi connectivity index (χ2v) is 8.49. The zero-order chi connectivity index (χ0) is 23.0. The predicted molar refractivity (Wildman–Crippen MR) is 126 cm³/mol. The molecule has 162 valence electrons. The van der Waals surface area contributed by atoms with Crippen LogP contribution in [-0.2, 0) is 9.59 Å². The van der Waals surface area contributed by atoms with Crippen LogP contribution in [0.2, 0.25) is 0 Å². The average Bonchev–Trinajstić information content (AvgIpc) is 3.05. The molecule has 0 bridgehead atoms. The Morgan fingerprint density at radius 2 is 1.88 bits per heavy atom. The molecule has 4 rings (SSSR count). The number of amides is 1. The summed E-state index contributed by atoms with van der Waals surface area (Å²) < 4.78 is 6.13. The van der Waals surface area contributed by atoms with Gasteiger partial charge in [-0.25, -0.2) is 0 Å². The summed E-state index contributed by atoms with van der Waals surface area (Å²) in [5.41, 5.74) is 3.19. The van der Waals surface area contributed by atoms with Crippen LogP contribution in [0.15, 0.2) is 71.0 Å². The Morgan fingerprint density at radius 3 is 2.53 bits per heavy atom. The number of benzene rings is 2. The van der Waals surface area contributed by atoms with E-state index >= 15 is 0 Å². The summed E-state index contributed by atoms with van der Waals surface area (Å²) in [5.74, 6) is -0.999. The lowest BCUT2D eigenvalue weighted by Gasteiger charge is -2.25. The van der Waals surface area contributed by atoms with E-state index in [0.29, 0.717) is 22.6 Å². The van der Waals surface area contributed by atoms with Gasteiger partial charge < -0.3 is 9.84 Å². The van der Waals surface area contributed by atoms with Crippen molar-refractivity contribution in [2.75, 3.05) is 12.0 Å². The molecule has 0 aliphatic carbocycles. The van der Waals surface area contributed by atoms with Crippen molar-refractivity contribution in [1.82, 2.24) is 4.98 Å². The minimum absolute atomic E-state index is 0.0237. The van der Waals surface area contributed by atoms with Crippen molar-refractivity contribution in [2.45, 2.75) is 19.9 Å². The number of halogens is 1. The van der Waals surface area contributed by atoms with Crippen LogP contribution in [-0.4, -0.2) is 28.9 Å². The minimum Gasteiger partial charge on any atom is -0.507 e. The molecular formula is C25H21BrN2O4. The summed E-state index contributed by atoms with van der Waals surface area (Å²) in [7, 11) is 1.58. The highest BCUT2D eigenvalue weighted by Crippen LogP contribution is 2.43. The lowest BCUT2D eigenvalue weighted by molar-refractivity contribution is -0.132. The number of hydrogen-bond donors (Lipinski definition) is 1. The molecule has 7 heteroatoms. The summed E-state index contributed by atoms with van der Waals surface area (Å²) in [4.78, 5) is 32.0. The van der Waals surface area contributed by atoms with Crippen molar-refractivity contribution in [2.24, 2.45) is 0 Å². The van der Waals surface area contributed by atoms with Gasteiger partial charge in [-0.3, -0.25) is 19.5 Å². The molecule has 1 atom stereocenters. The number of Topliss-reactive ketones (excluding diaryl/α,β-unsaturated/α-hetero) is 1. The van der Waals surface area contributed by atoms with Gasteiger partial charge in [0.25, 0.3) is 11.7 Å². The normalized spacial score (nSPS) is 17.6. The van der Waals surface area contributed by atoms with Crippen molar-refractivity contribution in [3.05, 3.63) is 93.2 Å². The van der Waals surface area contributed by atoms with Gasteiger partial charge in [0.1, 0.15) is 11.5 Å². The van der Waals surface area contributed by atoms with E-state index in [1.807, 2.05) is 19.9 Å². The van der Waals surface area contributed by atoms with Crippen LogP contribution < -0.4 is 9.64 Å². The predicted octanol–water partition coefficient (Wildman–Crippen LogP) is 5.10. The molecule has 3 aromatic rings. The molecule has 0 spiro atoms. The van der Waals surface area contributed by atoms with E-state index in [4.69, 9.17) is 4.74 Å². The Hall–Kier alpha value is -3.45. The van der Waals surface area contributed by atoms with Crippen LogP contribution in [0.25, 0.3) is 5.76 Å². The number of hydrogen-bond acceptors (Lipinski definition) is 5. The molecule has 0 saturated carbocycles.